The van der Waals surface area contributed by atoms with Gasteiger partial charge in [0.2, 0.25) is 5.85 Å². The lowest BCUT2D eigenvalue weighted by Crippen LogP contribution is -2.68. The molecule has 0 aromatic heterocycles. The monoisotopic (exact) mass is 259 g/mol. The van der Waals surface area contributed by atoms with Crippen LogP contribution in [0, 0.1) is 0 Å². The molecule has 1 unspecified atom stereocenters. The molecule has 1 saturated heterocycles. The molecule has 0 aromatic rings. The third kappa shape index (κ3) is 3.94. The predicted molar refractivity (Wildman–Crippen MR) is 64.1 cm³/mol. The molecule has 7 nitrogen and oxygen atoms in total. The molecule has 1 fully saturated rings. The fourth-order valence-electron chi connectivity index (χ4n) is 1.52. The molecule has 18 heavy (non-hydrogen) atoms. The van der Waals surface area contributed by atoms with Crippen LogP contribution >= 0.6 is 0 Å². The molecule has 0 saturated carbocycles. The number of rotatable bonds is 3. The van der Waals surface area contributed by atoms with Crippen LogP contribution in [0.1, 0.15) is 27.2 Å². The molecular formula is C11H21N3O4. The Bertz CT molecular complexity index is 338. The number of carbonyl (C=O) groups is 2. The summed E-state index contributed by atoms with van der Waals surface area (Å²) in [7, 11) is 3.41. The number of cyclic esters (lactones) is 1. The van der Waals surface area contributed by atoms with Gasteiger partial charge in [0, 0.05) is 0 Å². The van der Waals surface area contributed by atoms with Gasteiger partial charge in [-0.05, 0) is 34.9 Å². The Kier molecular flexibility index (Phi) is 4.31. The van der Waals surface area contributed by atoms with Gasteiger partial charge in [0.15, 0.2) is 0 Å². The van der Waals surface area contributed by atoms with E-state index in [2.05, 4.69) is 10.9 Å². The van der Waals surface area contributed by atoms with E-state index in [4.69, 9.17) is 9.47 Å². The lowest BCUT2D eigenvalue weighted by molar-refractivity contribution is -0.210. The topological polar surface area (TPSA) is 79.9 Å². The van der Waals surface area contributed by atoms with E-state index in [9.17, 15) is 9.59 Å². The first-order chi connectivity index (χ1) is 8.15. The Morgan fingerprint density at radius 3 is 2.56 bits per heavy atom. The molecule has 0 aliphatic carbocycles. The summed E-state index contributed by atoms with van der Waals surface area (Å²) in [6.45, 7) is 5.41. The van der Waals surface area contributed by atoms with Crippen LogP contribution in [0.2, 0.25) is 0 Å². The van der Waals surface area contributed by atoms with E-state index in [0.717, 1.165) is 0 Å². The number of hydrogen-bond donors (Lipinski definition) is 2. The number of carbonyl (C=O) groups excluding carboxylic acids is 2. The second-order valence-corrected chi connectivity index (χ2v) is 5.39. The molecule has 104 valence electrons. The van der Waals surface area contributed by atoms with Gasteiger partial charge in [0.05, 0.1) is 0 Å². The van der Waals surface area contributed by atoms with E-state index >= 15 is 0 Å². The van der Waals surface area contributed by atoms with Crippen LogP contribution in [0.4, 0.5) is 0 Å². The minimum absolute atomic E-state index is 0.0594. The van der Waals surface area contributed by atoms with E-state index < -0.39 is 23.4 Å². The van der Waals surface area contributed by atoms with Crippen LogP contribution in [0.15, 0.2) is 0 Å². The molecule has 0 aromatic carbocycles. The van der Waals surface area contributed by atoms with Gasteiger partial charge < -0.3 is 9.47 Å². The molecule has 2 N–H and O–H groups in total. The van der Waals surface area contributed by atoms with Crippen molar-refractivity contribution >= 4 is 11.9 Å². The van der Waals surface area contributed by atoms with Gasteiger partial charge in [0.1, 0.15) is 18.6 Å². The highest BCUT2D eigenvalue weighted by molar-refractivity contribution is 5.75. The Morgan fingerprint density at radius 1 is 1.50 bits per heavy atom. The van der Waals surface area contributed by atoms with E-state index in [1.165, 1.54) is 0 Å². The third-order valence-corrected chi connectivity index (χ3v) is 2.33. The lowest BCUT2D eigenvalue weighted by atomic mass is 10.2. The van der Waals surface area contributed by atoms with E-state index in [1.807, 2.05) is 0 Å². The van der Waals surface area contributed by atoms with Crippen molar-refractivity contribution in [2.75, 3.05) is 20.6 Å². The minimum atomic E-state index is -1.21. The minimum Gasteiger partial charge on any atom is -0.460 e. The van der Waals surface area contributed by atoms with Crippen molar-refractivity contribution in [3.05, 3.63) is 0 Å². The largest absolute Gasteiger partial charge is 0.460 e. The summed E-state index contributed by atoms with van der Waals surface area (Å²) in [6, 6.07) is 0. The highest BCUT2D eigenvalue weighted by Gasteiger charge is 2.43. The van der Waals surface area contributed by atoms with Crippen LogP contribution in [0.3, 0.4) is 0 Å². The van der Waals surface area contributed by atoms with Gasteiger partial charge in [-0.1, -0.05) is 0 Å². The van der Waals surface area contributed by atoms with Crippen molar-refractivity contribution in [1.82, 2.24) is 15.8 Å². The molecule has 1 aliphatic rings. The van der Waals surface area contributed by atoms with Crippen molar-refractivity contribution in [2.45, 2.75) is 38.6 Å². The first-order valence-corrected chi connectivity index (χ1v) is 5.76. The first-order valence-electron chi connectivity index (χ1n) is 5.76. The molecule has 0 spiro atoms. The Labute approximate surface area is 107 Å². The molecular weight excluding hydrogens is 238 g/mol. The third-order valence-electron chi connectivity index (χ3n) is 2.33. The van der Waals surface area contributed by atoms with E-state index in [0.29, 0.717) is 0 Å². The zero-order valence-corrected chi connectivity index (χ0v) is 11.5. The fraction of sp³-hybridized carbons (Fsp3) is 0.818. The zero-order valence-electron chi connectivity index (χ0n) is 11.5. The van der Waals surface area contributed by atoms with Crippen molar-refractivity contribution in [3.8, 4) is 0 Å². The zero-order chi connectivity index (χ0) is 14.0. The van der Waals surface area contributed by atoms with Gasteiger partial charge >= 0.3 is 11.9 Å². The highest BCUT2D eigenvalue weighted by Crippen LogP contribution is 2.20. The summed E-state index contributed by atoms with van der Waals surface area (Å²) in [5.74, 6) is -2.08. The number of hydrazine groups is 1. The summed E-state index contributed by atoms with van der Waals surface area (Å²) in [4.78, 5) is 24.8. The summed E-state index contributed by atoms with van der Waals surface area (Å²) in [6.07, 6.45) is -0.101. The summed E-state index contributed by atoms with van der Waals surface area (Å²) < 4.78 is 10.5. The van der Waals surface area contributed by atoms with Crippen molar-refractivity contribution in [3.63, 3.8) is 0 Å². The number of nitrogens with zero attached hydrogens (tertiary/aromatic N) is 1. The van der Waals surface area contributed by atoms with Gasteiger partial charge in [-0.25, -0.2) is 10.9 Å². The predicted octanol–water partition coefficient (Wildman–Crippen LogP) is -0.415. The Morgan fingerprint density at radius 2 is 2.11 bits per heavy atom. The fourth-order valence-corrected chi connectivity index (χ4v) is 1.52. The standard InChI is InChI=1S/C11H21N3O4/c1-10(2,3)17-8(15)6-11(14(4)5)13-12-7-9(16)18-11/h12-13H,6-7H2,1-5H3. The quantitative estimate of drug-likeness (QED) is 0.667. The Hall–Kier alpha value is -1.18. The molecule has 1 rings (SSSR count). The maximum Gasteiger partial charge on any atom is 0.324 e. The summed E-state index contributed by atoms with van der Waals surface area (Å²) >= 11 is 0. The van der Waals surface area contributed by atoms with Gasteiger partial charge in [0.25, 0.3) is 0 Å². The number of esters is 2. The number of hydrogen-bond acceptors (Lipinski definition) is 7. The number of nitrogens with one attached hydrogen (secondary N) is 2. The van der Waals surface area contributed by atoms with Crippen LogP contribution < -0.4 is 10.9 Å². The van der Waals surface area contributed by atoms with Crippen molar-refractivity contribution in [2.24, 2.45) is 0 Å². The molecule has 1 aliphatic heterocycles. The maximum absolute atomic E-state index is 11.8. The average Bonchev–Trinajstić information content (AvgIpc) is 2.13. The average molecular weight is 259 g/mol. The van der Waals surface area contributed by atoms with Gasteiger partial charge in [-0.3, -0.25) is 14.5 Å². The maximum atomic E-state index is 11.8. The van der Waals surface area contributed by atoms with Crippen LogP contribution in [-0.4, -0.2) is 48.9 Å². The molecule has 1 heterocycles. The van der Waals surface area contributed by atoms with Crippen molar-refractivity contribution < 1.29 is 19.1 Å². The second kappa shape index (κ2) is 5.21. The summed E-state index contributed by atoms with van der Waals surface area (Å²) in [5, 5.41) is 0. The molecule has 0 radical (unpaired) electrons. The molecule has 1 atom stereocenters. The highest BCUT2D eigenvalue weighted by atomic mass is 16.6. The normalized spacial score (nSPS) is 24.9. The molecule has 0 amide bonds. The Balaban J connectivity index is 2.74. The molecule has 7 heteroatoms. The van der Waals surface area contributed by atoms with Crippen LogP contribution in [-0.2, 0) is 19.1 Å². The van der Waals surface area contributed by atoms with E-state index in [-0.39, 0.29) is 13.0 Å². The van der Waals surface area contributed by atoms with E-state index in [1.54, 1.807) is 39.8 Å². The molecule has 0 bridgehead atoms. The smallest absolute Gasteiger partial charge is 0.324 e. The van der Waals surface area contributed by atoms with Crippen LogP contribution in [0.5, 0.6) is 0 Å². The lowest BCUT2D eigenvalue weighted by Gasteiger charge is -2.41. The van der Waals surface area contributed by atoms with Crippen LogP contribution in [0.25, 0.3) is 0 Å². The van der Waals surface area contributed by atoms with Gasteiger partial charge in [-0.15, -0.1) is 0 Å². The first kappa shape index (κ1) is 14.9. The summed E-state index contributed by atoms with van der Waals surface area (Å²) in [5.41, 5.74) is 4.94. The van der Waals surface area contributed by atoms with Gasteiger partial charge in [-0.2, -0.15) is 0 Å². The SMILES string of the molecule is CN(C)C1(CC(=O)OC(C)(C)C)NNCC(=O)O1. The number of ether oxygens (including phenoxy) is 2. The second-order valence-electron chi connectivity index (χ2n) is 5.39. The van der Waals surface area contributed by atoms with Crippen molar-refractivity contribution in [1.29, 1.82) is 0 Å².